The van der Waals surface area contributed by atoms with E-state index in [2.05, 4.69) is 47.8 Å². The molecule has 1 heterocycles. The first-order valence-corrected chi connectivity index (χ1v) is 18.0. The molecule has 0 spiro atoms. The van der Waals surface area contributed by atoms with Crippen molar-refractivity contribution in [1.82, 2.24) is 4.90 Å². The summed E-state index contributed by atoms with van der Waals surface area (Å²) in [6.45, 7) is 13.5. The average molecular weight is 691 g/mol. The number of phosphoric ester groups is 1. The molecule has 1 aliphatic heterocycles. The van der Waals surface area contributed by atoms with Crippen molar-refractivity contribution >= 4 is 43.0 Å². The van der Waals surface area contributed by atoms with E-state index in [9.17, 15) is 18.9 Å². The van der Waals surface area contributed by atoms with Crippen molar-refractivity contribution in [2.24, 2.45) is 11.8 Å². The number of ether oxygens (including phenoxy) is 2. The molecular formula is C34H51N4O9P. The molecule has 0 bridgehead atoms. The van der Waals surface area contributed by atoms with E-state index in [4.69, 9.17) is 19.3 Å². The number of aryl methyl sites for hydroxylation is 1. The van der Waals surface area contributed by atoms with Gasteiger partial charge in [0.1, 0.15) is 0 Å². The Bertz CT molecular complexity index is 1400. The number of benzene rings is 2. The van der Waals surface area contributed by atoms with Gasteiger partial charge in [0.05, 0.1) is 30.4 Å². The van der Waals surface area contributed by atoms with Gasteiger partial charge in [0.15, 0.2) is 0 Å². The highest BCUT2D eigenvalue weighted by Gasteiger charge is 2.32. The number of anilines is 3. The maximum absolute atomic E-state index is 13.2. The van der Waals surface area contributed by atoms with E-state index in [1.807, 2.05) is 56.3 Å². The molecule has 0 saturated carbocycles. The first kappa shape index (κ1) is 38.8. The molecule has 0 aliphatic carbocycles. The summed E-state index contributed by atoms with van der Waals surface area (Å²) < 4.78 is 26.0. The number of likely N-dealkylation sites (tertiary alicyclic amines) is 1. The smallest absolute Gasteiger partial charge is 0.428 e. The van der Waals surface area contributed by atoms with E-state index in [1.54, 1.807) is 0 Å². The number of nitrogens with one attached hydrogen (secondary N) is 2. The molecule has 0 radical (unpaired) electrons. The number of esters is 1. The van der Waals surface area contributed by atoms with Crippen LogP contribution < -0.4 is 15.5 Å². The van der Waals surface area contributed by atoms with Gasteiger partial charge in [-0.15, -0.1) is 0 Å². The van der Waals surface area contributed by atoms with E-state index < -0.39 is 32.7 Å². The van der Waals surface area contributed by atoms with Crippen LogP contribution in [0.1, 0.15) is 77.3 Å². The summed E-state index contributed by atoms with van der Waals surface area (Å²) in [5.74, 6) is -0.0302. The third-order valence-corrected chi connectivity index (χ3v) is 8.40. The Labute approximate surface area is 283 Å². The van der Waals surface area contributed by atoms with Crippen molar-refractivity contribution in [3.05, 3.63) is 53.6 Å². The predicted molar refractivity (Wildman–Crippen MR) is 185 cm³/mol. The largest absolute Gasteiger partial charge is 0.469 e. The minimum Gasteiger partial charge on any atom is -0.428 e. The van der Waals surface area contributed by atoms with Crippen molar-refractivity contribution in [3.63, 3.8) is 0 Å². The summed E-state index contributed by atoms with van der Waals surface area (Å²) in [5.41, 5.74) is 4.11. The summed E-state index contributed by atoms with van der Waals surface area (Å²) in [6, 6.07) is 12.5. The number of nitrogens with zero attached hydrogens (tertiary/aromatic N) is 2. The van der Waals surface area contributed by atoms with Gasteiger partial charge in [-0.25, -0.2) is 14.2 Å². The molecule has 0 aromatic heterocycles. The highest BCUT2D eigenvalue weighted by molar-refractivity contribution is 7.46. The quantitative estimate of drug-likeness (QED) is 0.0831. The van der Waals surface area contributed by atoms with E-state index in [-0.39, 0.29) is 25.0 Å². The van der Waals surface area contributed by atoms with Crippen LogP contribution in [0.15, 0.2) is 42.5 Å². The maximum Gasteiger partial charge on any atom is 0.469 e. The van der Waals surface area contributed by atoms with Crippen LogP contribution in [0, 0.1) is 18.8 Å². The molecule has 14 heteroatoms. The molecule has 1 saturated heterocycles. The second kappa shape index (κ2) is 18.2. The topological polar surface area (TPSA) is 167 Å². The van der Waals surface area contributed by atoms with Crippen LogP contribution in [-0.4, -0.2) is 71.9 Å². The highest BCUT2D eigenvalue weighted by atomic mass is 31.2. The Morgan fingerprint density at radius 1 is 1.00 bits per heavy atom. The Morgan fingerprint density at radius 2 is 1.67 bits per heavy atom. The zero-order chi connectivity index (χ0) is 35.4. The summed E-state index contributed by atoms with van der Waals surface area (Å²) >= 11 is 0. The number of amides is 3. The van der Waals surface area contributed by atoms with Crippen LogP contribution in [-0.2, 0) is 23.4 Å². The van der Waals surface area contributed by atoms with Gasteiger partial charge < -0.3 is 39.7 Å². The third kappa shape index (κ3) is 12.8. The Morgan fingerprint density at radius 3 is 2.27 bits per heavy atom. The molecule has 1 aliphatic rings. The van der Waals surface area contributed by atoms with Crippen molar-refractivity contribution in [3.8, 4) is 0 Å². The van der Waals surface area contributed by atoms with Gasteiger partial charge in [0.25, 0.3) is 0 Å². The number of phosphoric acid groups is 1. The van der Waals surface area contributed by atoms with E-state index in [0.717, 1.165) is 29.9 Å². The second-order valence-electron chi connectivity index (χ2n) is 13.0. The number of hydrogen-bond acceptors (Lipinski definition) is 8. The molecule has 48 heavy (non-hydrogen) atoms. The second-order valence-corrected chi connectivity index (χ2v) is 14.3. The lowest BCUT2D eigenvalue weighted by Gasteiger charge is -2.31. The van der Waals surface area contributed by atoms with Crippen LogP contribution in [0.25, 0.3) is 0 Å². The molecule has 3 amide bonds. The number of carbonyl (C=O) groups is 3. The van der Waals surface area contributed by atoms with Crippen molar-refractivity contribution in [1.29, 1.82) is 0 Å². The molecule has 266 valence electrons. The minimum absolute atomic E-state index is 0.0204. The van der Waals surface area contributed by atoms with Gasteiger partial charge in [0, 0.05) is 25.3 Å². The summed E-state index contributed by atoms with van der Waals surface area (Å²) in [6.07, 6.45) is 1.00. The Balaban J connectivity index is 1.70. The Kier molecular flexibility index (Phi) is 14.7. The molecule has 2 aromatic carbocycles. The van der Waals surface area contributed by atoms with Gasteiger partial charge in [0.2, 0.25) is 6.79 Å². The Hall–Kier alpha value is -3.64. The maximum atomic E-state index is 13.2. The zero-order valence-electron chi connectivity index (χ0n) is 28.8. The fourth-order valence-corrected chi connectivity index (χ4v) is 6.04. The molecule has 1 unspecified atom stereocenters. The molecule has 13 nitrogen and oxygen atoms in total. The van der Waals surface area contributed by atoms with Gasteiger partial charge in [-0.2, -0.15) is 0 Å². The van der Waals surface area contributed by atoms with Gasteiger partial charge >= 0.3 is 25.9 Å². The van der Waals surface area contributed by atoms with Crippen LogP contribution in [0.5, 0.6) is 0 Å². The number of rotatable bonds is 16. The van der Waals surface area contributed by atoms with E-state index >= 15 is 0 Å². The van der Waals surface area contributed by atoms with E-state index in [1.165, 1.54) is 4.90 Å². The first-order valence-electron chi connectivity index (χ1n) is 16.5. The number of carbonyl (C=O) groups excluding carboxylic acids is 3. The van der Waals surface area contributed by atoms with Crippen molar-refractivity contribution in [2.45, 2.75) is 79.2 Å². The summed E-state index contributed by atoms with van der Waals surface area (Å²) in [7, 11) is -4.67. The fourth-order valence-electron chi connectivity index (χ4n) is 5.68. The lowest BCUT2D eigenvalue weighted by atomic mass is 9.92. The summed E-state index contributed by atoms with van der Waals surface area (Å²) in [4.78, 5) is 60.1. The fraction of sp³-hybridized carbons (Fsp3) is 0.559. The van der Waals surface area contributed by atoms with Crippen molar-refractivity contribution in [2.75, 3.05) is 48.6 Å². The first-order chi connectivity index (χ1) is 22.6. The number of hydrogen-bond donors (Lipinski definition) is 4. The summed E-state index contributed by atoms with van der Waals surface area (Å²) in [5, 5.41) is 5.94. The normalized spacial score (nSPS) is 15.4. The molecule has 4 N–H and O–H groups in total. The SMILES string of the molecule is CCC(CC(=O)OCOC(=O)N1CCC[C@H]1COP(=O)(O)O)c1ccc(N(CC(C)C)CC(C)C)c(NC(=O)Nc2ccc(C)cc2)c1. The molecule has 2 atom stereocenters. The molecular weight excluding hydrogens is 639 g/mol. The van der Waals surface area contributed by atoms with Gasteiger partial charge in [-0.3, -0.25) is 9.32 Å². The lowest BCUT2D eigenvalue weighted by Crippen LogP contribution is -2.38. The van der Waals surface area contributed by atoms with Crippen molar-refractivity contribution < 1.29 is 42.7 Å². The monoisotopic (exact) mass is 690 g/mol. The van der Waals surface area contributed by atoms with Gasteiger partial charge in [-0.05, 0) is 73.8 Å². The van der Waals surface area contributed by atoms with Gasteiger partial charge in [-0.1, -0.05) is 58.4 Å². The predicted octanol–water partition coefficient (Wildman–Crippen LogP) is 6.85. The molecule has 3 rings (SSSR count). The van der Waals surface area contributed by atoms with Crippen LogP contribution in [0.2, 0.25) is 0 Å². The standard InChI is InChI=1S/C34H51N4O9P/c1-7-26(18-32(39)45-22-46-34(41)38-16-8-9-29(38)21-47-48(42,43)44)27-12-15-31(37(19-23(2)3)20-24(4)5)30(17-27)36-33(40)35-28-13-10-25(6)11-14-28/h10-15,17,23-24,26,29H,7-9,16,18-22H2,1-6H3,(H2,35,36,40)(H2,42,43,44)/t26?,29-/m0/s1. The van der Waals surface area contributed by atoms with Crippen LogP contribution >= 0.6 is 7.82 Å². The minimum atomic E-state index is -4.67. The molecule has 2 aromatic rings. The third-order valence-electron chi connectivity index (χ3n) is 7.92. The zero-order valence-corrected chi connectivity index (χ0v) is 29.7. The number of urea groups is 1. The average Bonchev–Trinajstić information content (AvgIpc) is 3.48. The van der Waals surface area contributed by atoms with Crippen LogP contribution in [0.3, 0.4) is 0 Å². The van der Waals surface area contributed by atoms with Crippen LogP contribution in [0.4, 0.5) is 26.7 Å². The lowest BCUT2D eigenvalue weighted by molar-refractivity contribution is -0.153. The van der Waals surface area contributed by atoms with E-state index in [0.29, 0.717) is 49.0 Å². The highest BCUT2D eigenvalue weighted by Crippen LogP contribution is 2.37. The molecule has 1 fully saturated rings.